The molecule has 1 rings (SSSR count). The van der Waals surface area contributed by atoms with E-state index in [1.54, 1.807) is 26.0 Å². The molecule has 0 heterocycles. The highest BCUT2D eigenvalue weighted by Crippen LogP contribution is 2.18. The Labute approximate surface area is 100.0 Å². The summed E-state index contributed by atoms with van der Waals surface area (Å²) in [4.78, 5) is 11.0. The second kappa shape index (κ2) is 5.32. The van der Waals surface area contributed by atoms with E-state index in [2.05, 4.69) is 0 Å². The predicted molar refractivity (Wildman–Crippen MR) is 62.6 cm³/mol. The summed E-state index contributed by atoms with van der Waals surface area (Å²) in [6.45, 7) is 3.63. The van der Waals surface area contributed by atoms with Gasteiger partial charge in [0.2, 0.25) is 0 Å². The summed E-state index contributed by atoms with van der Waals surface area (Å²) in [7, 11) is 0. The van der Waals surface area contributed by atoms with Crippen LogP contribution in [0.2, 0.25) is 5.02 Å². The van der Waals surface area contributed by atoms with Crippen LogP contribution in [0.4, 0.5) is 0 Å². The third-order valence-electron chi connectivity index (χ3n) is 2.60. The van der Waals surface area contributed by atoms with E-state index in [4.69, 9.17) is 21.4 Å². The van der Waals surface area contributed by atoms with Gasteiger partial charge in [0.25, 0.3) is 0 Å². The minimum absolute atomic E-state index is 0.272. The van der Waals surface area contributed by atoms with Crippen molar-refractivity contribution in [3.63, 3.8) is 0 Å². The molecule has 16 heavy (non-hydrogen) atoms. The Morgan fingerprint density at radius 2 is 2.00 bits per heavy atom. The predicted octanol–water partition coefficient (Wildman–Crippen LogP) is 3.11. The minimum atomic E-state index is -1.13. The average Bonchev–Trinajstić information content (AvgIpc) is 2.27. The zero-order valence-corrected chi connectivity index (χ0v) is 10.1. The Kier molecular flexibility index (Phi) is 4.33. The molecule has 0 aliphatic heterocycles. The molecule has 1 aromatic rings. The lowest BCUT2D eigenvalue weighted by molar-refractivity contribution is -0.165. The molecule has 0 saturated heterocycles. The first-order valence-corrected chi connectivity index (χ1v) is 5.47. The van der Waals surface area contributed by atoms with Crippen LogP contribution in [0, 0.1) is 0 Å². The molecule has 0 aromatic heterocycles. The van der Waals surface area contributed by atoms with Crippen molar-refractivity contribution in [2.75, 3.05) is 0 Å². The van der Waals surface area contributed by atoms with Crippen molar-refractivity contribution in [2.45, 2.75) is 32.5 Å². The Hall–Kier alpha value is -1.06. The SMILES string of the molecule is CCC(C)(OCc1ccc(Cl)cc1)C(=O)O. The van der Waals surface area contributed by atoms with Crippen molar-refractivity contribution >= 4 is 17.6 Å². The first-order chi connectivity index (χ1) is 7.48. The first-order valence-electron chi connectivity index (χ1n) is 5.10. The van der Waals surface area contributed by atoms with Gasteiger partial charge in [-0.25, -0.2) is 4.79 Å². The topological polar surface area (TPSA) is 46.5 Å². The van der Waals surface area contributed by atoms with Gasteiger partial charge in [-0.2, -0.15) is 0 Å². The van der Waals surface area contributed by atoms with Crippen LogP contribution in [0.15, 0.2) is 24.3 Å². The van der Waals surface area contributed by atoms with E-state index in [1.165, 1.54) is 0 Å². The van der Waals surface area contributed by atoms with E-state index in [0.29, 0.717) is 11.4 Å². The lowest BCUT2D eigenvalue weighted by Gasteiger charge is -2.23. The molecule has 0 radical (unpaired) electrons. The number of carboxylic acids is 1. The van der Waals surface area contributed by atoms with E-state index in [0.717, 1.165) is 5.56 Å². The van der Waals surface area contributed by atoms with Gasteiger partial charge in [0.1, 0.15) is 0 Å². The van der Waals surface area contributed by atoms with Crippen molar-refractivity contribution in [1.29, 1.82) is 0 Å². The normalized spacial score (nSPS) is 14.4. The van der Waals surface area contributed by atoms with Gasteiger partial charge in [-0.3, -0.25) is 0 Å². The summed E-state index contributed by atoms with van der Waals surface area (Å²) >= 11 is 5.74. The standard InChI is InChI=1S/C12H15ClO3/c1-3-12(2,11(14)15)16-8-9-4-6-10(13)7-5-9/h4-7H,3,8H2,1-2H3,(H,14,15). The zero-order chi connectivity index (χ0) is 12.2. The van der Waals surface area contributed by atoms with Crippen molar-refractivity contribution in [3.8, 4) is 0 Å². The van der Waals surface area contributed by atoms with Gasteiger partial charge < -0.3 is 9.84 Å². The second-order valence-electron chi connectivity index (χ2n) is 3.80. The second-order valence-corrected chi connectivity index (χ2v) is 4.24. The molecule has 1 unspecified atom stereocenters. The van der Waals surface area contributed by atoms with E-state index < -0.39 is 11.6 Å². The third kappa shape index (κ3) is 3.22. The van der Waals surface area contributed by atoms with Crippen molar-refractivity contribution in [2.24, 2.45) is 0 Å². The molecule has 4 heteroatoms. The molecule has 88 valence electrons. The molecule has 0 aliphatic carbocycles. The van der Waals surface area contributed by atoms with Crippen LogP contribution in [-0.4, -0.2) is 16.7 Å². The lowest BCUT2D eigenvalue weighted by atomic mass is 10.0. The van der Waals surface area contributed by atoms with Gasteiger partial charge in [0, 0.05) is 5.02 Å². The molecule has 1 aromatic carbocycles. The summed E-state index contributed by atoms with van der Waals surface area (Å²) in [6, 6.07) is 7.15. The number of carboxylic acid groups (broad SMARTS) is 1. The smallest absolute Gasteiger partial charge is 0.335 e. The van der Waals surface area contributed by atoms with Gasteiger partial charge in [0.15, 0.2) is 5.60 Å². The Bertz CT molecular complexity index is 361. The van der Waals surface area contributed by atoms with E-state index in [1.807, 2.05) is 12.1 Å². The van der Waals surface area contributed by atoms with Gasteiger partial charge in [0.05, 0.1) is 6.61 Å². The maximum absolute atomic E-state index is 11.0. The summed E-state index contributed by atoms with van der Waals surface area (Å²) in [6.07, 6.45) is 0.427. The van der Waals surface area contributed by atoms with Gasteiger partial charge in [-0.15, -0.1) is 0 Å². The number of hydrogen-bond donors (Lipinski definition) is 1. The highest BCUT2D eigenvalue weighted by Gasteiger charge is 2.31. The van der Waals surface area contributed by atoms with Gasteiger partial charge >= 0.3 is 5.97 Å². The maximum Gasteiger partial charge on any atom is 0.335 e. The van der Waals surface area contributed by atoms with Crippen molar-refractivity contribution in [3.05, 3.63) is 34.9 Å². The monoisotopic (exact) mass is 242 g/mol. The average molecular weight is 243 g/mol. The third-order valence-corrected chi connectivity index (χ3v) is 2.85. The quantitative estimate of drug-likeness (QED) is 0.863. The summed E-state index contributed by atoms with van der Waals surface area (Å²) in [5.74, 6) is -0.941. The molecule has 0 aliphatic rings. The van der Waals surface area contributed by atoms with Crippen LogP contribution in [-0.2, 0) is 16.1 Å². The molecule has 0 fully saturated rings. The minimum Gasteiger partial charge on any atom is -0.479 e. The van der Waals surface area contributed by atoms with Crippen LogP contribution in [0.1, 0.15) is 25.8 Å². The highest BCUT2D eigenvalue weighted by atomic mass is 35.5. The van der Waals surface area contributed by atoms with Crippen LogP contribution in [0.3, 0.4) is 0 Å². The number of aliphatic carboxylic acids is 1. The number of rotatable bonds is 5. The van der Waals surface area contributed by atoms with E-state index in [-0.39, 0.29) is 6.61 Å². The van der Waals surface area contributed by atoms with Crippen molar-refractivity contribution in [1.82, 2.24) is 0 Å². The molecular formula is C12H15ClO3. The molecule has 0 saturated carbocycles. The number of carbonyl (C=O) groups is 1. The molecule has 0 spiro atoms. The molecule has 1 atom stereocenters. The van der Waals surface area contributed by atoms with Crippen LogP contribution < -0.4 is 0 Å². The summed E-state index contributed by atoms with van der Waals surface area (Å²) < 4.78 is 5.42. The lowest BCUT2D eigenvalue weighted by Crippen LogP contribution is -2.37. The molecule has 0 bridgehead atoms. The summed E-state index contributed by atoms with van der Waals surface area (Å²) in [5, 5.41) is 9.66. The van der Waals surface area contributed by atoms with E-state index in [9.17, 15) is 4.79 Å². The molecule has 1 N–H and O–H groups in total. The Morgan fingerprint density at radius 3 is 2.44 bits per heavy atom. The van der Waals surface area contributed by atoms with Crippen LogP contribution >= 0.6 is 11.6 Å². The summed E-state index contributed by atoms with van der Waals surface area (Å²) in [5.41, 5.74) is -0.218. The highest BCUT2D eigenvalue weighted by molar-refractivity contribution is 6.30. The maximum atomic E-state index is 11.0. The fourth-order valence-corrected chi connectivity index (χ4v) is 1.26. The number of hydrogen-bond acceptors (Lipinski definition) is 2. The number of benzene rings is 1. The Morgan fingerprint density at radius 1 is 1.44 bits per heavy atom. The van der Waals surface area contributed by atoms with Crippen molar-refractivity contribution < 1.29 is 14.6 Å². The van der Waals surface area contributed by atoms with Gasteiger partial charge in [-0.1, -0.05) is 30.7 Å². The molecule has 0 amide bonds. The van der Waals surface area contributed by atoms with E-state index >= 15 is 0 Å². The molecular weight excluding hydrogens is 228 g/mol. The van der Waals surface area contributed by atoms with Crippen LogP contribution in [0.25, 0.3) is 0 Å². The van der Waals surface area contributed by atoms with Gasteiger partial charge in [-0.05, 0) is 31.0 Å². The fourth-order valence-electron chi connectivity index (χ4n) is 1.14. The first kappa shape index (κ1) is 13.0. The largest absolute Gasteiger partial charge is 0.479 e. The Balaban J connectivity index is 2.63. The number of ether oxygens (including phenoxy) is 1. The number of halogens is 1. The molecule has 3 nitrogen and oxygen atoms in total. The van der Waals surface area contributed by atoms with Crippen LogP contribution in [0.5, 0.6) is 0 Å². The fraction of sp³-hybridized carbons (Fsp3) is 0.417. The zero-order valence-electron chi connectivity index (χ0n) is 9.37.